The molecule has 8 heteroatoms. The highest BCUT2D eigenvalue weighted by molar-refractivity contribution is 7.89. The molecule has 0 saturated carbocycles. The molecule has 0 radical (unpaired) electrons. The van der Waals surface area contributed by atoms with E-state index in [9.17, 15) is 13.2 Å². The standard InChI is InChI=1S/C11H10ClNO5S/c1-19(15,16)13-10(14)3-2-7-4-8(12)11-9(5-7)17-6-18-11/h2-5H,6H2,1H3,(H,13,14)/b3-2-. The van der Waals surface area contributed by atoms with E-state index in [1.807, 2.05) is 4.72 Å². The molecule has 0 aromatic heterocycles. The molecule has 1 heterocycles. The van der Waals surface area contributed by atoms with Gasteiger partial charge < -0.3 is 9.47 Å². The molecule has 0 saturated heterocycles. The highest BCUT2D eigenvalue weighted by Crippen LogP contribution is 2.39. The summed E-state index contributed by atoms with van der Waals surface area (Å²) in [6.45, 7) is 0.0940. The average Bonchev–Trinajstić information content (AvgIpc) is 2.72. The molecule has 1 aromatic carbocycles. The Balaban J connectivity index is 2.16. The summed E-state index contributed by atoms with van der Waals surface area (Å²) in [5.74, 6) is 0.200. The van der Waals surface area contributed by atoms with Gasteiger partial charge in [-0.05, 0) is 23.8 Å². The van der Waals surface area contributed by atoms with Crippen LogP contribution in [0.2, 0.25) is 5.02 Å². The predicted octanol–water partition coefficient (Wildman–Crippen LogP) is 1.16. The number of hydrogen-bond acceptors (Lipinski definition) is 5. The van der Waals surface area contributed by atoms with E-state index in [-0.39, 0.29) is 6.79 Å². The van der Waals surface area contributed by atoms with Crippen LogP contribution in [-0.4, -0.2) is 27.4 Å². The van der Waals surface area contributed by atoms with Gasteiger partial charge in [0.1, 0.15) is 0 Å². The van der Waals surface area contributed by atoms with Gasteiger partial charge in [-0.25, -0.2) is 13.1 Å². The van der Waals surface area contributed by atoms with Crippen molar-refractivity contribution in [1.29, 1.82) is 0 Å². The van der Waals surface area contributed by atoms with Gasteiger partial charge in [0.25, 0.3) is 5.91 Å². The average molecular weight is 304 g/mol. The Morgan fingerprint density at radius 1 is 1.42 bits per heavy atom. The quantitative estimate of drug-likeness (QED) is 0.847. The number of hydrogen-bond donors (Lipinski definition) is 1. The molecule has 6 nitrogen and oxygen atoms in total. The van der Waals surface area contributed by atoms with E-state index in [4.69, 9.17) is 21.1 Å². The Kier molecular flexibility index (Phi) is 3.68. The van der Waals surface area contributed by atoms with Crippen molar-refractivity contribution in [2.45, 2.75) is 0 Å². The second-order valence-corrected chi connectivity index (χ2v) is 5.96. The fourth-order valence-corrected chi connectivity index (χ4v) is 2.18. The minimum atomic E-state index is -3.57. The fourth-order valence-electron chi connectivity index (χ4n) is 1.47. The molecule has 0 aliphatic carbocycles. The molecule has 0 bridgehead atoms. The van der Waals surface area contributed by atoms with Crippen LogP contribution in [0.1, 0.15) is 5.56 Å². The third kappa shape index (κ3) is 3.62. The van der Waals surface area contributed by atoms with Gasteiger partial charge in [-0.3, -0.25) is 4.79 Å². The van der Waals surface area contributed by atoms with Crippen LogP contribution in [0.15, 0.2) is 18.2 Å². The SMILES string of the molecule is CS(=O)(=O)NC(=O)/C=C\c1cc(Cl)c2c(c1)OCO2. The lowest BCUT2D eigenvalue weighted by Crippen LogP contribution is -2.27. The maximum Gasteiger partial charge on any atom is 0.257 e. The van der Waals surface area contributed by atoms with Crippen molar-refractivity contribution < 1.29 is 22.7 Å². The summed E-state index contributed by atoms with van der Waals surface area (Å²) in [6.07, 6.45) is 3.42. The third-order valence-corrected chi connectivity index (χ3v) is 3.02. The smallest absolute Gasteiger partial charge is 0.257 e. The number of nitrogens with one attached hydrogen (secondary N) is 1. The fraction of sp³-hybridized carbons (Fsp3) is 0.182. The number of benzene rings is 1. The normalized spacial score (nSPS) is 13.8. The molecule has 0 unspecified atom stereocenters. The summed E-state index contributed by atoms with van der Waals surface area (Å²) in [7, 11) is -3.57. The Morgan fingerprint density at radius 3 is 2.84 bits per heavy atom. The number of sulfonamides is 1. The summed E-state index contributed by atoms with van der Waals surface area (Å²) in [4.78, 5) is 11.3. The molecule has 1 aromatic rings. The predicted molar refractivity (Wildman–Crippen MR) is 69.6 cm³/mol. The zero-order valence-electron chi connectivity index (χ0n) is 9.84. The Morgan fingerprint density at radius 2 is 2.16 bits per heavy atom. The van der Waals surface area contributed by atoms with E-state index < -0.39 is 15.9 Å². The third-order valence-electron chi connectivity index (χ3n) is 2.16. The lowest BCUT2D eigenvalue weighted by atomic mass is 10.2. The van der Waals surface area contributed by atoms with Crippen LogP contribution in [0.4, 0.5) is 0 Å². The summed E-state index contributed by atoms with van der Waals surface area (Å²) < 4.78 is 33.8. The summed E-state index contributed by atoms with van der Waals surface area (Å²) in [5, 5.41) is 0.359. The van der Waals surface area contributed by atoms with Crippen LogP contribution in [-0.2, 0) is 14.8 Å². The molecule has 1 aliphatic rings. The Hall–Kier alpha value is -1.73. The molecule has 102 valence electrons. The lowest BCUT2D eigenvalue weighted by molar-refractivity contribution is -0.114. The van der Waals surface area contributed by atoms with Gasteiger partial charge in [-0.1, -0.05) is 11.6 Å². The number of rotatable bonds is 3. The molecule has 0 atom stereocenters. The molecule has 2 rings (SSSR count). The first-order valence-corrected chi connectivity index (χ1v) is 7.41. The molecular weight excluding hydrogens is 294 g/mol. The first-order chi connectivity index (χ1) is 8.85. The van der Waals surface area contributed by atoms with Gasteiger partial charge in [-0.15, -0.1) is 0 Å². The molecule has 1 aliphatic heterocycles. The molecule has 0 spiro atoms. The topological polar surface area (TPSA) is 81.7 Å². The monoisotopic (exact) mass is 303 g/mol. The molecule has 0 fully saturated rings. The summed E-state index contributed by atoms with van der Waals surface area (Å²) in [5.41, 5.74) is 0.595. The van der Waals surface area contributed by atoms with Crippen molar-refractivity contribution in [2.75, 3.05) is 13.0 Å². The van der Waals surface area contributed by atoms with E-state index in [0.717, 1.165) is 12.3 Å². The Bertz CT molecular complexity index is 653. The Labute approximate surface area is 115 Å². The lowest BCUT2D eigenvalue weighted by Gasteiger charge is -2.01. The largest absolute Gasteiger partial charge is 0.454 e. The van der Waals surface area contributed by atoms with Gasteiger partial charge in [0.15, 0.2) is 11.5 Å². The van der Waals surface area contributed by atoms with Crippen molar-refractivity contribution in [2.24, 2.45) is 0 Å². The number of carbonyl (C=O) groups excluding carboxylic acids is 1. The molecule has 1 N–H and O–H groups in total. The van der Waals surface area contributed by atoms with Crippen molar-refractivity contribution in [1.82, 2.24) is 4.72 Å². The minimum absolute atomic E-state index is 0.0940. The summed E-state index contributed by atoms with van der Waals surface area (Å²) >= 11 is 5.96. The van der Waals surface area contributed by atoms with Crippen molar-refractivity contribution in [3.05, 3.63) is 28.8 Å². The van der Waals surface area contributed by atoms with E-state index in [0.29, 0.717) is 22.1 Å². The number of fused-ring (bicyclic) bond motifs is 1. The van der Waals surface area contributed by atoms with Gasteiger partial charge in [0, 0.05) is 6.08 Å². The maximum atomic E-state index is 11.3. The number of halogens is 1. The van der Waals surface area contributed by atoms with Crippen LogP contribution < -0.4 is 14.2 Å². The van der Waals surface area contributed by atoms with Gasteiger partial charge in [0.2, 0.25) is 16.8 Å². The van der Waals surface area contributed by atoms with Crippen LogP contribution in [0.25, 0.3) is 6.08 Å². The summed E-state index contributed by atoms with van der Waals surface area (Å²) in [6, 6.07) is 3.22. The molecular formula is C11H10ClNO5S. The van der Waals surface area contributed by atoms with Crippen molar-refractivity contribution in [3.63, 3.8) is 0 Å². The van der Waals surface area contributed by atoms with Crippen molar-refractivity contribution >= 4 is 33.6 Å². The number of ether oxygens (including phenoxy) is 2. The first kappa shape index (κ1) is 13.7. The maximum absolute atomic E-state index is 11.3. The van der Waals surface area contributed by atoms with Crippen LogP contribution in [0, 0.1) is 0 Å². The highest BCUT2D eigenvalue weighted by atomic mass is 35.5. The van der Waals surface area contributed by atoms with Crippen molar-refractivity contribution in [3.8, 4) is 11.5 Å². The van der Waals surface area contributed by atoms with Gasteiger partial charge in [-0.2, -0.15) is 0 Å². The van der Waals surface area contributed by atoms with Gasteiger partial charge in [0.05, 0.1) is 11.3 Å². The molecule has 19 heavy (non-hydrogen) atoms. The molecule has 1 amide bonds. The van der Waals surface area contributed by atoms with E-state index in [2.05, 4.69) is 0 Å². The van der Waals surface area contributed by atoms with E-state index in [1.54, 1.807) is 12.1 Å². The highest BCUT2D eigenvalue weighted by Gasteiger charge is 2.17. The minimum Gasteiger partial charge on any atom is -0.454 e. The van der Waals surface area contributed by atoms with Crippen LogP contribution in [0.3, 0.4) is 0 Å². The van der Waals surface area contributed by atoms with Crippen LogP contribution in [0.5, 0.6) is 11.5 Å². The second kappa shape index (κ2) is 5.10. The first-order valence-electron chi connectivity index (χ1n) is 5.14. The van der Waals surface area contributed by atoms with E-state index in [1.165, 1.54) is 6.08 Å². The zero-order valence-corrected chi connectivity index (χ0v) is 11.4. The number of amides is 1. The number of carbonyl (C=O) groups is 1. The zero-order chi connectivity index (χ0) is 14.0. The second-order valence-electron chi connectivity index (χ2n) is 3.81. The van der Waals surface area contributed by atoms with E-state index >= 15 is 0 Å². The van der Waals surface area contributed by atoms with Gasteiger partial charge >= 0.3 is 0 Å². The van der Waals surface area contributed by atoms with Crippen LogP contribution >= 0.6 is 11.6 Å².